The highest BCUT2D eigenvalue weighted by atomic mass is 19.4. The van der Waals surface area contributed by atoms with E-state index in [4.69, 9.17) is 10.5 Å². The molecule has 0 bridgehead atoms. The molecule has 0 saturated heterocycles. The normalized spacial score (nSPS) is 11.3. The molecule has 0 fully saturated rings. The van der Waals surface area contributed by atoms with E-state index in [1.54, 1.807) is 30.5 Å². The lowest BCUT2D eigenvalue weighted by Crippen LogP contribution is -2.20. The average molecular weight is 583 g/mol. The first-order chi connectivity index (χ1) is 20.7. The number of anilines is 3. The molecule has 13 heteroatoms. The smallest absolute Gasteiger partial charge is 0.416 e. The number of halogens is 3. The Morgan fingerprint density at radius 1 is 0.884 bits per heavy atom. The van der Waals surface area contributed by atoms with Crippen molar-refractivity contribution in [3.63, 3.8) is 0 Å². The Hall–Kier alpha value is -5.98. The molecule has 0 atom stereocenters. The number of nitrogens with zero attached hydrogens (tertiary/aromatic N) is 4. The van der Waals surface area contributed by atoms with E-state index < -0.39 is 17.8 Å². The maximum absolute atomic E-state index is 13.4. The van der Waals surface area contributed by atoms with E-state index in [0.29, 0.717) is 28.3 Å². The van der Waals surface area contributed by atoms with Gasteiger partial charge in [-0.05, 0) is 48.0 Å². The Morgan fingerprint density at radius 3 is 2.40 bits per heavy atom. The zero-order valence-electron chi connectivity index (χ0n) is 22.1. The summed E-state index contributed by atoms with van der Waals surface area (Å²) in [6, 6.07) is 16.6. The van der Waals surface area contributed by atoms with Crippen molar-refractivity contribution < 1.29 is 22.7 Å². The van der Waals surface area contributed by atoms with Crippen LogP contribution < -0.4 is 21.1 Å². The monoisotopic (exact) mass is 582 g/mol. The summed E-state index contributed by atoms with van der Waals surface area (Å²) in [5, 5.41) is 5.92. The number of nitrogen functional groups attached to an aromatic ring is 1. The number of urea groups is 1. The number of nitrogens with one attached hydrogen (secondary N) is 3. The summed E-state index contributed by atoms with van der Waals surface area (Å²) in [7, 11) is 0. The van der Waals surface area contributed by atoms with E-state index in [1.165, 1.54) is 30.9 Å². The number of carbonyl (C=O) groups excluding carboxylic acids is 1. The van der Waals surface area contributed by atoms with E-state index in [0.717, 1.165) is 28.6 Å². The minimum absolute atomic E-state index is 0.0189. The number of hydrogen-bond acceptors (Lipinski definition) is 7. The lowest BCUT2D eigenvalue weighted by Gasteiger charge is -2.15. The SMILES string of the molecule is Nc1nc2[nH]ccc2cc1-c1ccc(Oc2ncc(NC(=O)Nc3cc(C(F)(F)F)ccc3-c3cccnc3)cn2)cc1. The molecule has 10 nitrogen and oxygen atoms in total. The van der Waals surface area contributed by atoms with Crippen LogP contribution in [-0.4, -0.2) is 31.0 Å². The van der Waals surface area contributed by atoms with Gasteiger partial charge < -0.3 is 26.1 Å². The second kappa shape index (κ2) is 11.1. The van der Waals surface area contributed by atoms with Crippen LogP contribution in [-0.2, 0) is 6.18 Å². The highest BCUT2D eigenvalue weighted by molar-refractivity contribution is 6.02. The number of rotatable bonds is 6. The Kier molecular flexibility index (Phi) is 7.04. The maximum Gasteiger partial charge on any atom is 0.416 e. The van der Waals surface area contributed by atoms with E-state index in [-0.39, 0.29) is 17.4 Å². The van der Waals surface area contributed by atoms with Crippen LogP contribution in [0.25, 0.3) is 33.3 Å². The van der Waals surface area contributed by atoms with E-state index in [1.807, 2.05) is 24.3 Å². The van der Waals surface area contributed by atoms with Crippen molar-refractivity contribution in [2.45, 2.75) is 6.18 Å². The van der Waals surface area contributed by atoms with Gasteiger partial charge in [-0.2, -0.15) is 13.2 Å². The Balaban J connectivity index is 1.12. The van der Waals surface area contributed by atoms with Gasteiger partial charge in [0.05, 0.1) is 29.3 Å². The highest BCUT2D eigenvalue weighted by Gasteiger charge is 2.31. The number of hydrogen-bond donors (Lipinski definition) is 4. The quantitative estimate of drug-likeness (QED) is 0.164. The first kappa shape index (κ1) is 27.2. The van der Waals surface area contributed by atoms with Gasteiger partial charge in [0.15, 0.2) is 0 Å². The topological polar surface area (TPSA) is 144 Å². The molecule has 0 radical (unpaired) electrons. The minimum atomic E-state index is -4.59. The fourth-order valence-electron chi connectivity index (χ4n) is 4.35. The zero-order valence-corrected chi connectivity index (χ0v) is 22.1. The first-order valence-corrected chi connectivity index (χ1v) is 12.8. The van der Waals surface area contributed by atoms with E-state index in [2.05, 4.69) is 35.6 Å². The van der Waals surface area contributed by atoms with Crippen molar-refractivity contribution in [1.29, 1.82) is 0 Å². The van der Waals surface area contributed by atoms with Gasteiger partial charge in [-0.15, -0.1) is 0 Å². The minimum Gasteiger partial charge on any atom is -0.424 e. The van der Waals surface area contributed by atoms with Crippen LogP contribution in [0, 0.1) is 0 Å². The number of alkyl halides is 3. The second-order valence-electron chi connectivity index (χ2n) is 9.30. The molecule has 0 saturated carbocycles. The van der Waals surface area contributed by atoms with Crippen molar-refractivity contribution >= 4 is 34.3 Å². The molecular formula is C30H21F3N8O2. The van der Waals surface area contributed by atoms with Gasteiger partial charge >= 0.3 is 18.2 Å². The predicted molar refractivity (Wildman–Crippen MR) is 155 cm³/mol. The lowest BCUT2D eigenvalue weighted by molar-refractivity contribution is -0.137. The molecule has 6 aromatic rings. The van der Waals surface area contributed by atoms with Gasteiger partial charge in [0, 0.05) is 40.7 Å². The van der Waals surface area contributed by atoms with Crippen LogP contribution in [0.2, 0.25) is 0 Å². The Labute approximate surface area is 241 Å². The molecule has 43 heavy (non-hydrogen) atoms. The summed E-state index contributed by atoms with van der Waals surface area (Å²) in [4.78, 5) is 32.3. The average Bonchev–Trinajstić information content (AvgIpc) is 3.45. The molecular weight excluding hydrogens is 561 g/mol. The zero-order chi connectivity index (χ0) is 30.0. The van der Waals surface area contributed by atoms with Crippen LogP contribution in [0.1, 0.15) is 5.56 Å². The van der Waals surface area contributed by atoms with Gasteiger partial charge in [0.1, 0.15) is 17.2 Å². The lowest BCUT2D eigenvalue weighted by atomic mass is 10.0. The van der Waals surface area contributed by atoms with Gasteiger partial charge in [0.25, 0.3) is 0 Å². The van der Waals surface area contributed by atoms with Gasteiger partial charge in [0.2, 0.25) is 0 Å². The fourth-order valence-corrected chi connectivity index (χ4v) is 4.35. The van der Waals surface area contributed by atoms with Gasteiger partial charge in [-0.1, -0.05) is 24.3 Å². The number of nitrogens with two attached hydrogens (primary N) is 1. The molecule has 0 aliphatic rings. The van der Waals surface area contributed by atoms with Crippen LogP contribution in [0.15, 0.2) is 97.7 Å². The molecule has 6 rings (SSSR count). The van der Waals surface area contributed by atoms with Crippen molar-refractivity contribution in [3.8, 4) is 34.0 Å². The number of benzene rings is 2. The number of carbonyl (C=O) groups is 1. The highest BCUT2D eigenvalue weighted by Crippen LogP contribution is 2.36. The van der Waals surface area contributed by atoms with Crippen molar-refractivity contribution in [3.05, 3.63) is 103 Å². The summed E-state index contributed by atoms with van der Waals surface area (Å²) in [5.41, 5.74) is 8.60. The van der Waals surface area contributed by atoms with Crippen LogP contribution in [0.4, 0.5) is 35.2 Å². The third-order valence-electron chi connectivity index (χ3n) is 6.39. The molecule has 0 unspecified atom stereocenters. The van der Waals surface area contributed by atoms with Crippen LogP contribution >= 0.6 is 0 Å². The Morgan fingerprint density at radius 2 is 1.67 bits per heavy atom. The molecule has 0 aliphatic heterocycles. The molecule has 4 aromatic heterocycles. The fraction of sp³-hybridized carbons (Fsp3) is 0.0333. The first-order valence-electron chi connectivity index (χ1n) is 12.8. The Bertz CT molecular complexity index is 1910. The number of fused-ring (bicyclic) bond motifs is 1. The van der Waals surface area contributed by atoms with Gasteiger partial charge in [-0.25, -0.2) is 19.7 Å². The molecule has 214 valence electrons. The largest absolute Gasteiger partial charge is 0.424 e. The molecule has 2 aromatic carbocycles. The molecule has 4 heterocycles. The van der Waals surface area contributed by atoms with Crippen molar-refractivity contribution in [2.75, 3.05) is 16.4 Å². The van der Waals surface area contributed by atoms with Crippen LogP contribution in [0.3, 0.4) is 0 Å². The van der Waals surface area contributed by atoms with E-state index >= 15 is 0 Å². The van der Waals surface area contributed by atoms with Crippen molar-refractivity contribution in [1.82, 2.24) is 24.9 Å². The molecule has 0 spiro atoms. The number of aromatic amines is 1. The number of ether oxygens (including phenoxy) is 1. The number of H-pyrrole nitrogens is 1. The standard InChI is InChI=1S/C30H21F3N8O2/c31-30(32,33)20-5-8-23(19-2-1-10-35-14-19)25(13-20)40-28(42)39-21-15-37-29(38-16-21)43-22-6-3-17(4-7-22)24-12-18-9-11-36-27(18)41-26(24)34/h1-16H,(H3,34,36,41)(H2,39,40,42). The second-order valence-corrected chi connectivity index (χ2v) is 9.30. The summed E-state index contributed by atoms with van der Waals surface area (Å²) >= 11 is 0. The number of aromatic nitrogens is 5. The van der Waals surface area contributed by atoms with Crippen molar-refractivity contribution in [2.24, 2.45) is 0 Å². The summed E-state index contributed by atoms with van der Waals surface area (Å²) in [5.74, 6) is 0.851. The van der Waals surface area contributed by atoms with Gasteiger partial charge in [-0.3, -0.25) is 4.98 Å². The number of amides is 2. The molecule has 2 amide bonds. The third-order valence-corrected chi connectivity index (χ3v) is 6.39. The molecule has 0 aliphatic carbocycles. The van der Waals surface area contributed by atoms with Crippen LogP contribution in [0.5, 0.6) is 11.8 Å². The predicted octanol–water partition coefficient (Wildman–Crippen LogP) is 7.12. The van der Waals surface area contributed by atoms with E-state index in [9.17, 15) is 18.0 Å². The molecule has 5 N–H and O–H groups in total. The number of pyridine rings is 2. The summed E-state index contributed by atoms with van der Waals surface area (Å²) < 4.78 is 45.8. The summed E-state index contributed by atoms with van der Waals surface area (Å²) in [6.45, 7) is 0. The maximum atomic E-state index is 13.4. The summed E-state index contributed by atoms with van der Waals surface area (Å²) in [6.07, 6.45) is 2.84. The third kappa shape index (κ3) is 6.05.